The van der Waals surface area contributed by atoms with Crippen molar-refractivity contribution in [2.75, 3.05) is 13.2 Å². The van der Waals surface area contributed by atoms with Crippen LogP contribution in [0.15, 0.2) is 42.5 Å². The molecule has 2 amide bonds. The smallest absolute Gasteiger partial charge is 0.369 e. The number of ether oxygens (including phenoxy) is 2. The van der Waals surface area contributed by atoms with Crippen molar-refractivity contribution in [3.05, 3.63) is 42.5 Å². The molecule has 174 valence electrons. The van der Waals surface area contributed by atoms with Gasteiger partial charge in [-0.3, -0.25) is 9.59 Å². The van der Waals surface area contributed by atoms with E-state index in [1.165, 1.54) is 6.92 Å². The topological polar surface area (TPSA) is 122 Å². The van der Waals surface area contributed by atoms with Gasteiger partial charge in [0, 0.05) is 0 Å². The van der Waals surface area contributed by atoms with Gasteiger partial charge >= 0.3 is 11.3 Å². The highest BCUT2D eigenvalue weighted by Crippen LogP contribution is 2.36. The van der Waals surface area contributed by atoms with Gasteiger partial charge < -0.3 is 24.8 Å². The van der Waals surface area contributed by atoms with Crippen LogP contribution in [-0.2, 0) is 19.1 Å². The molecule has 1 heterocycles. The number of carbonyl (C=O) groups excluding carboxylic acids is 3. The van der Waals surface area contributed by atoms with Crippen molar-refractivity contribution < 1.29 is 33.8 Å². The average molecular weight is 526 g/mol. The van der Waals surface area contributed by atoms with Crippen LogP contribution < -0.4 is 10.1 Å². The Labute approximate surface area is 202 Å². The standard InChI is InChI=1S/C19H19Cl3N2O7S/c1-10(2)14(17(27)28)24-15(26)13(16(24)32-18(29)31-9-19(20,21)22)23-12(25)8-30-11-6-4-3-5-7-11/h3-7,13-14,16H,1,8-9H2,2H3,(H,23,25)(H,27,28). The molecule has 0 aliphatic carbocycles. The number of carboxylic acid groups (broad SMARTS) is 1. The van der Waals surface area contributed by atoms with E-state index in [2.05, 4.69) is 11.9 Å². The predicted molar refractivity (Wildman–Crippen MR) is 120 cm³/mol. The van der Waals surface area contributed by atoms with Crippen LogP contribution in [-0.4, -0.2) is 67.6 Å². The van der Waals surface area contributed by atoms with Gasteiger partial charge in [-0.15, -0.1) is 0 Å². The van der Waals surface area contributed by atoms with E-state index in [1.807, 2.05) is 0 Å². The van der Waals surface area contributed by atoms with E-state index in [0.717, 1.165) is 4.90 Å². The SMILES string of the molecule is C=C(C)C(C(=O)O)N1C(=O)C(NC(=O)COc2ccccc2)C1SC(=O)OCC(Cl)(Cl)Cl. The van der Waals surface area contributed by atoms with E-state index in [1.54, 1.807) is 30.3 Å². The lowest BCUT2D eigenvalue weighted by molar-refractivity contribution is -0.160. The molecule has 13 heteroatoms. The van der Waals surface area contributed by atoms with Crippen molar-refractivity contribution >= 4 is 69.6 Å². The molecule has 1 aliphatic heterocycles. The third kappa shape index (κ3) is 7.19. The fourth-order valence-electron chi connectivity index (χ4n) is 2.74. The number of hydrogen-bond acceptors (Lipinski definition) is 7. The van der Waals surface area contributed by atoms with Gasteiger partial charge in [0.25, 0.3) is 5.91 Å². The van der Waals surface area contributed by atoms with E-state index in [0.29, 0.717) is 17.5 Å². The maximum Gasteiger partial charge on any atom is 0.369 e. The highest BCUT2D eigenvalue weighted by molar-refractivity contribution is 8.13. The van der Waals surface area contributed by atoms with Gasteiger partial charge in [-0.25, -0.2) is 9.59 Å². The van der Waals surface area contributed by atoms with Crippen LogP contribution in [0.25, 0.3) is 0 Å². The maximum absolute atomic E-state index is 12.7. The van der Waals surface area contributed by atoms with E-state index in [9.17, 15) is 24.3 Å². The first-order chi connectivity index (χ1) is 14.9. The van der Waals surface area contributed by atoms with E-state index in [-0.39, 0.29) is 5.57 Å². The Balaban J connectivity index is 2.10. The van der Waals surface area contributed by atoms with Gasteiger partial charge in [0.15, 0.2) is 12.6 Å². The zero-order valence-corrected chi connectivity index (χ0v) is 19.7. The molecule has 1 fully saturated rings. The number of carbonyl (C=O) groups is 4. The summed E-state index contributed by atoms with van der Waals surface area (Å²) in [5.74, 6) is -2.25. The molecule has 32 heavy (non-hydrogen) atoms. The monoisotopic (exact) mass is 524 g/mol. The summed E-state index contributed by atoms with van der Waals surface area (Å²) in [5, 5.41) is 9.92. The first-order valence-electron chi connectivity index (χ1n) is 8.98. The maximum atomic E-state index is 12.7. The molecule has 3 unspecified atom stereocenters. The number of rotatable bonds is 9. The number of aliphatic carboxylic acids is 1. The Morgan fingerprint density at radius 3 is 2.44 bits per heavy atom. The number of carboxylic acids is 1. The van der Waals surface area contributed by atoms with Gasteiger partial charge in [0.1, 0.15) is 23.8 Å². The Hall–Kier alpha value is -2.14. The van der Waals surface area contributed by atoms with E-state index >= 15 is 0 Å². The Morgan fingerprint density at radius 1 is 1.28 bits per heavy atom. The van der Waals surface area contributed by atoms with Crippen molar-refractivity contribution in [2.45, 2.75) is 28.2 Å². The second-order valence-corrected chi connectivity index (χ2v) is 10.2. The number of nitrogens with zero attached hydrogens (tertiary/aromatic N) is 1. The summed E-state index contributed by atoms with van der Waals surface area (Å²) in [7, 11) is 0. The highest BCUT2D eigenvalue weighted by Gasteiger charge is 2.54. The number of alkyl halides is 3. The zero-order valence-electron chi connectivity index (χ0n) is 16.6. The largest absolute Gasteiger partial charge is 0.484 e. The first-order valence-corrected chi connectivity index (χ1v) is 11.0. The molecule has 0 aromatic heterocycles. The third-order valence-corrected chi connectivity index (χ3v) is 5.44. The Bertz CT molecular complexity index is 881. The number of β-lactam (4-membered cyclic amide) rings is 1. The van der Waals surface area contributed by atoms with Crippen molar-refractivity contribution in [3.63, 3.8) is 0 Å². The fraction of sp³-hybridized carbons (Fsp3) is 0.368. The predicted octanol–water partition coefficient (Wildman–Crippen LogP) is 2.99. The first kappa shape index (κ1) is 26.1. The summed E-state index contributed by atoms with van der Waals surface area (Å²) in [6.45, 7) is 4.05. The number of likely N-dealkylation sites (tertiary alicyclic amines) is 1. The van der Waals surface area contributed by atoms with Crippen molar-refractivity contribution in [1.82, 2.24) is 10.2 Å². The van der Waals surface area contributed by atoms with Gasteiger partial charge in [-0.1, -0.05) is 59.6 Å². The van der Waals surface area contributed by atoms with Crippen LogP contribution in [0.5, 0.6) is 5.75 Å². The third-order valence-electron chi connectivity index (χ3n) is 4.06. The van der Waals surface area contributed by atoms with E-state index in [4.69, 9.17) is 44.3 Å². The lowest BCUT2D eigenvalue weighted by Crippen LogP contribution is -2.73. The molecule has 2 rings (SSSR count). The number of para-hydroxylation sites is 1. The van der Waals surface area contributed by atoms with Crippen molar-refractivity contribution in [3.8, 4) is 5.75 Å². The number of amides is 2. The lowest BCUT2D eigenvalue weighted by atomic mass is 9.99. The molecule has 9 nitrogen and oxygen atoms in total. The second-order valence-electron chi connectivity index (χ2n) is 6.64. The number of nitrogens with one attached hydrogen (secondary N) is 1. The van der Waals surface area contributed by atoms with Crippen molar-refractivity contribution in [1.29, 1.82) is 0 Å². The molecule has 0 radical (unpaired) electrons. The fourth-order valence-corrected chi connectivity index (χ4v) is 3.89. The van der Waals surface area contributed by atoms with Crippen LogP contribution in [0.1, 0.15) is 6.92 Å². The molecule has 1 aromatic rings. The molecule has 1 saturated heterocycles. The van der Waals surface area contributed by atoms with Crippen LogP contribution in [0.4, 0.5) is 4.79 Å². The lowest BCUT2D eigenvalue weighted by Gasteiger charge is -2.48. The molecule has 1 aromatic carbocycles. The minimum Gasteiger partial charge on any atom is -0.484 e. The van der Waals surface area contributed by atoms with Gasteiger partial charge in [0.2, 0.25) is 9.70 Å². The van der Waals surface area contributed by atoms with E-state index < -0.39 is 57.5 Å². The number of hydrogen-bond donors (Lipinski definition) is 2. The van der Waals surface area contributed by atoms with Crippen LogP contribution >= 0.6 is 46.6 Å². The van der Waals surface area contributed by atoms with Crippen LogP contribution in [0.3, 0.4) is 0 Å². The van der Waals surface area contributed by atoms with Gasteiger partial charge in [-0.2, -0.15) is 0 Å². The Morgan fingerprint density at radius 2 is 1.91 bits per heavy atom. The summed E-state index contributed by atoms with van der Waals surface area (Å²) in [6, 6.07) is 5.90. The summed E-state index contributed by atoms with van der Waals surface area (Å²) in [6.07, 6.45) is 0. The number of halogens is 3. The summed E-state index contributed by atoms with van der Waals surface area (Å²) in [5.41, 5.74) is 0.156. The number of thioether (sulfide) groups is 1. The minimum atomic E-state index is -1.85. The van der Waals surface area contributed by atoms with Gasteiger partial charge in [-0.05, 0) is 36.4 Å². The quantitative estimate of drug-likeness (QED) is 0.218. The molecule has 2 N–H and O–H groups in total. The number of benzene rings is 1. The molecular weight excluding hydrogens is 507 g/mol. The van der Waals surface area contributed by atoms with Crippen LogP contribution in [0, 0.1) is 0 Å². The highest BCUT2D eigenvalue weighted by atomic mass is 35.6. The summed E-state index contributed by atoms with van der Waals surface area (Å²) >= 11 is 17.1. The summed E-state index contributed by atoms with van der Waals surface area (Å²) in [4.78, 5) is 49.7. The molecular formula is C19H19Cl3N2O7S. The van der Waals surface area contributed by atoms with Crippen LogP contribution in [0.2, 0.25) is 0 Å². The molecule has 3 atom stereocenters. The normalized spacial score (nSPS) is 18.9. The summed E-state index contributed by atoms with van der Waals surface area (Å²) < 4.78 is 8.31. The molecule has 0 bridgehead atoms. The zero-order chi connectivity index (χ0) is 24.1. The second kappa shape index (κ2) is 11.1. The van der Waals surface area contributed by atoms with Gasteiger partial charge in [0.05, 0.1) is 0 Å². The average Bonchev–Trinajstić information content (AvgIpc) is 2.71. The molecule has 1 aliphatic rings. The Kier molecular flexibility index (Phi) is 9.08. The molecule has 0 saturated carbocycles. The molecule has 0 spiro atoms. The van der Waals surface area contributed by atoms with Crippen molar-refractivity contribution in [2.24, 2.45) is 0 Å². The minimum absolute atomic E-state index is 0.156.